The van der Waals surface area contributed by atoms with Gasteiger partial charge in [0.2, 0.25) is 0 Å². The fourth-order valence-electron chi connectivity index (χ4n) is 2.47. The van der Waals surface area contributed by atoms with E-state index in [1.54, 1.807) is 44.7 Å². The summed E-state index contributed by atoms with van der Waals surface area (Å²) in [7, 11) is 3.12. The minimum atomic E-state index is 0.286. The lowest BCUT2D eigenvalue weighted by molar-refractivity contribution is 0.319. The zero-order chi connectivity index (χ0) is 17.6. The van der Waals surface area contributed by atoms with Crippen molar-refractivity contribution in [3.63, 3.8) is 0 Å². The molecule has 25 heavy (non-hydrogen) atoms. The molecule has 6 heteroatoms. The van der Waals surface area contributed by atoms with E-state index >= 15 is 0 Å². The Kier molecular flexibility index (Phi) is 4.89. The molecule has 3 rings (SSSR count). The summed E-state index contributed by atoms with van der Waals surface area (Å²) in [6.45, 7) is 0. The molecule has 0 aliphatic carbocycles. The molecule has 0 amide bonds. The highest BCUT2D eigenvalue weighted by atomic mass is 16.5. The van der Waals surface area contributed by atoms with Crippen molar-refractivity contribution in [2.24, 2.45) is 5.16 Å². The van der Waals surface area contributed by atoms with Gasteiger partial charge in [-0.1, -0.05) is 17.3 Å². The Bertz CT molecular complexity index is 895. The first-order valence-corrected chi connectivity index (χ1v) is 7.60. The van der Waals surface area contributed by atoms with Crippen LogP contribution in [0.3, 0.4) is 0 Å². The SMILES string of the molecule is COc1ccc(OC)c(C(=NO)c2cccc(-c3ccccn3)n2)c1. The first-order chi connectivity index (χ1) is 12.3. The van der Waals surface area contributed by atoms with Gasteiger partial charge in [-0.2, -0.15) is 0 Å². The smallest absolute Gasteiger partial charge is 0.139 e. The largest absolute Gasteiger partial charge is 0.497 e. The number of hydrogen-bond acceptors (Lipinski definition) is 6. The minimum absolute atomic E-state index is 0.286. The summed E-state index contributed by atoms with van der Waals surface area (Å²) < 4.78 is 10.6. The normalized spacial score (nSPS) is 11.2. The first-order valence-electron chi connectivity index (χ1n) is 7.60. The van der Waals surface area contributed by atoms with E-state index in [2.05, 4.69) is 15.1 Å². The molecule has 126 valence electrons. The lowest BCUT2D eigenvalue weighted by atomic mass is 10.0. The fourth-order valence-corrected chi connectivity index (χ4v) is 2.47. The predicted molar refractivity (Wildman–Crippen MR) is 94.4 cm³/mol. The molecule has 6 nitrogen and oxygen atoms in total. The van der Waals surface area contributed by atoms with Crippen molar-refractivity contribution in [1.82, 2.24) is 9.97 Å². The zero-order valence-corrected chi connectivity index (χ0v) is 13.9. The van der Waals surface area contributed by atoms with E-state index in [-0.39, 0.29) is 5.71 Å². The van der Waals surface area contributed by atoms with E-state index in [0.717, 1.165) is 5.69 Å². The van der Waals surface area contributed by atoms with Crippen LogP contribution in [0, 0.1) is 0 Å². The Morgan fingerprint density at radius 1 is 0.960 bits per heavy atom. The van der Waals surface area contributed by atoms with Crippen LogP contribution in [0.15, 0.2) is 65.9 Å². The highest BCUT2D eigenvalue weighted by Crippen LogP contribution is 2.27. The average Bonchev–Trinajstić information content (AvgIpc) is 2.69. The number of benzene rings is 1. The van der Waals surface area contributed by atoms with Crippen LogP contribution in [0.4, 0.5) is 0 Å². The van der Waals surface area contributed by atoms with Crippen molar-refractivity contribution >= 4 is 5.71 Å². The van der Waals surface area contributed by atoms with Crippen molar-refractivity contribution in [2.75, 3.05) is 14.2 Å². The van der Waals surface area contributed by atoms with Crippen LogP contribution in [0.2, 0.25) is 0 Å². The van der Waals surface area contributed by atoms with Crippen LogP contribution in [-0.4, -0.2) is 35.1 Å². The molecule has 0 atom stereocenters. The highest BCUT2D eigenvalue weighted by Gasteiger charge is 2.17. The van der Waals surface area contributed by atoms with E-state index in [0.29, 0.717) is 28.5 Å². The Balaban J connectivity index is 2.09. The molecule has 0 saturated heterocycles. The molecular formula is C19H17N3O3. The van der Waals surface area contributed by atoms with Gasteiger partial charge in [0.1, 0.15) is 17.2 Å². The number of oxime groups is 1. The van der Waals surface area contributed by atoms with Gasteiger partial charge in [-0.3, -0.25) is 4.98 Å². The number of pyridine rings is 2. The van der Waals surface area contributed by atoms with E-state index in [4.69, 9.17) is 9.47 Å². The topological polar surface area (TPSA) is 76.8 Å². The molecule has 1 aromatic carbocycles. The molecule has 0 spiro atoms. The summed E-state index contributed by atoms with van der Waals surface area (Å²) in [6.07, 6.45) is 1.70. The predicted octanol–water partition coefficient (Wildman–Crippen LogP) is 3.39. The van der Waals surface area contributed by atoms with Crippen molar-refractivity contribution < 1.29 is 14.7 Å². The van der Waals surface area contributed by atoms with Gasteiger partial charge in [0.05, 0.1) is 36.9 Å². The number of ether oxygens (including phenoxy) is 2. The third kappa shape index (κ3) is 3.42. The minimum Gasteiger partial charge on any atom is -0.497 e. The second kappa shape index (κ2) is 7.44. The molecule has 0 aliphatic rings. The maximum absolute atomic E-state index is 9.61. The molecule has 0 radical (unpaired) electrons. The van der Waals surface area contributed by atoms with E-state index in [1.807, 2.05) is 30.3 Å². The quantitative estimate of drug-likeness (QED) is 0.439. The summed E-state index contributed by atoms with van der Waals surface area (Å²) in [5.74, 6) is 1.18. The standard InChI is InChI=1S/C19H17N3O3/c1-24-13-9-10-18(25-2)14(12-13)19(22-23)17-8-5-7-16(21-17)15-6-3-4-11-20-15/h3-12,23H,1-2H3. The monoisotopic (exact) mass is 335 g/mol. The van der Waals surface area contributed by atoms with Gasteiger partial charge in [0, 0.05) is 6.20 Å². The van der Waals surface area contributed by atoms with Gasteiger partial charge in [-0.15, -0.1) is 0 Å². The molecule has 0 unspecified atom stereocenters. The Labute approximate surface area is 145 Å². The molecular weight excluding hydrogens is 318 g/mol. The molecule has 1 N–H and O–H groups in total. The van der Waals surface area contributed by atoms with Crippen molar-refractivity contribution in [3.8, 4) is 22.9 Å². The molecule has 0 bridgehead atoms. The van der Waals surface area contributed by atoms with Crippen LogP contribution >= 0.6 is 0 Å². The molecule has 2 aromatic heterocycles. The van der Waals surface area contributed by atoms with E-state index in [9.17, 15) is 5.21 Å². The summed E-state index contributed by atoms with van der Waals surface area (Å²) in [4.78, 5) is 8.87. The van der Waals surface area contributed by atoms with Crippen LogP contribution < -0.4 is 9.47 Å². The first kappa shape index (κ1) is 16.4. The highest BCUT2D eigenvalue weighted by molar-refractivity contribution is 6.13. The van der Waals surface area contributed by atoms with Gasteiger partial charge in [0.25, 0.3) is 0 Å². The Morgan fingerprint density at radius 3 is 2.48 bits per heavy atom. The summed E-state index contributed by atoms with van der Waals surface area (Å²) in [6, 6.07) is 16.3. The van der Waals surface area contributed by atoms with Crippen molar-refractivity contribution in [1.29, 1.82) is 0 Å². The van der Waals surface area contributed by atoms with Crippen LogP contribution in [0.1, 0.15) is 11.3 Å². The van der Waals surface area contributed by atoms with Crippen LogP contribution in [-0.2, 0) is 0 Å². The van der Waals surface area contributed by atoms with Gasteiger partial charge >= 0.3 is 0 Å². The fraction of sp³-hybridized carbons (Fsp3) is 0.105. The zero-order valence-electron chi connectivity index (χ0n) is 13.9. The third-order valence-electron chi connectivity index (χ3n) is 3.68. The number of hydrogen-bond donors (Lipinski definition) is 1. The Morgan fingerprint density at radius 2 is 1.80 bits per heavy atom. The maximum Gasteiger partial charge on any atom is 0.139 e. The summed E-state index contributed by atoms with van der Waals surface area (Å²) >= 11 is 0. The molecule has 0 fully saturated rings. The van der Waals surface area contributed by atoms with E-state index in [1.165, 1.54) is 0 Å². The van der Waals surface area contributed by atoms with Gasteiger partial charge in [-0.05, 0) is 42.5 Å². The van der Waals surface area contributed by atoms with Crippen molar-refractivity contribution in [3.05, 3.63) is 72.1 Å². The second-order valence-corrected chi connectivity index (χ2v) is 5.14. The number of rotatable bonds is 5. The Hall–Kier alpha value is -3.41. The molecule has 0 saturated carbocycles. The molecule has 2 heterocycles. The van der Waals surface area contributed by atoms with Crippen LogP contribution in [0.25, 0.3) is 11.4 Å². The molecule has 3 aromatic rings. The number of aromatic nitrogens is 2. The van der Waals surface area contributed by atoms with Crippen LogP contribution in [0.5, 0.6) is 11.5 Å². The molecule has 0 aliphatic heterocycles. The summed E-state index contributed by atoms with van der Waals surface area (Å²) in [5.41, 5.74) is 2.78. The second-order valence-electron chi connectivity index (χ2n) is 5.14. The average molecular weight is 335 g/mol. The lowest BCUT2D eigenvalue weighted by Crippen LogP contribution is -2.09. The van der Waals surface area contributed by atoms with Crippen molar-refractivity contribution in [2.45, 2.75) is 0 Å². The maximum atomic E-state index is 9.61. The summed E-state index contributed by atoms with van der Waals surface area (Å²) in [5, 5.41) is 13.1. The van der Waals surface area contributed by atoms with Gasteiger partial charge in [-0.25, -0.2) is 4.98 Å². The number of methoxy groups -OCH3 is 2. The van der Waals surface area contributed by atoms with Gasteiger partial charge < -0.3 is 14.7 Å². The van der Waals surface area contributed by atoms with Gasteiger partial charge in [0.15, 0.2) is 0 Å². The van der Waals surface area contributed by atoms with E-state index < -0.39 is 0 Å². The number of nitrogens with zero attached hydrogens (tertiary/aromatic N) is 3. The lowest BCUT2D eigenvalue weighted by Gasteiger charge is -2.12. The third-order valence-corrected chi connectivity index (χ3v) is 3.68.